The Morgan fingerprint density at radius 2 is 1.83 bits per heavy atom. The van der Waals surface area contributed by atoms with Gasteiger partial charge in [-0.05, 0) is 38.1 Å². The molecule has 0 bridgehead atoms. The number of nitrogens with two attached hydrogens (primary N) is 2. The molecule has 0 heterocycles. The van der Waals surface area contributed by atoms with Crippen LogP contribution in [0.3, 0.4) is 0 Å². The van der Waals surface area contributed by atoms with E-state index in [0.29, 0.717) is 18.9 Å². The minimum Gasteiger partial charge on any atom is -0.352 e. The molecule has 18 heavy (non-hydrogen) atoms. The van der Waals surface area contributed by atoms with Crippen LogP contribution in [0.1, 0.15) is 57.8 Å². The molecule has 4 nitrogen and oxygen atoms in total. The molecular weight excluding hydrogens is 226 g/mol. The topological polar surface area (TPSA) is 81.1 Å². The number of carbonyl (C=O) groups is 1. The standard InChI is InChI=1S/C14H29N3O/c15-10-6-2-5-9-14(18)17-13(11-16)12-7-3-1-4-8-12/h12-13H,1-11,15-16H2,(H,17,18). The van der Waals surface area contributed by atoms with E-state index in [-0.39, 0.29) is 11.9 Å². The highest BCUT2D eigenvalue weighted by Gasteiger charge is 2.23. The maximum atomic E-state index is 11.8. The molecule has 1 fully saturated rings. The van der Waals surface area contributed by atoms with Crippen LogP contribution in [0.5, 0.6) is 0 Å². The molecule has 1 unspecified atom stereocenters. The summed E-state index contributed by atoms with van der Waals surface area (Å²) in [6.45, 7) is 1.29. The number of hydrogen-bond acceptors (Lipinski definition) is 3. The maximum Gasteiger partial charge on any atom is 0.220 e. The van der Waals surface area contributed by atoms with Crippen molar-refractivity contribution in [1.29, 1.82) is 0 Å². The quantitative estimate of drug-likeness (QED) is 0.575. The van der Waals surface area contributed by atoms with Gasteiger partial charge in [-0.3, -0.25) is 4.79 Å². The summed E-state index contributed by atoms with van der Waals surface area (Å²) in [6.07, 6.45) is 9.94. The molecule has 0 aromatic heterocycles. The van der Waals surface area contributed by atoms with Crippen LogP contribution in [0.4, 0.5) is 0 Å². The molecule has 1 atom stereocenters. The first kappa shape index (κ1) is 15.4. The third-order valence-corrected chi connectivity index (χ3v) is 3.93. The zero-order valence-corrected chi connectivity index (χ0v) is 11.5. The van der Waals surface area contributed by atoms with Gasteiger partial charge in [0.1, 0.15) is 0 Å². The predicted octanol–water partition coefficient (Wildman–Crippen LogP) is 1.53. The Morgan fingerprint density at radius 1 is 1.11 bits per heavy atom. The van der Waals surface area contributed by atoms with Gasteiger partial charge >= 0.3 is 0 Å². The number of amides is 1. The Morgan fingerprint density at radius 3 is 2.44 bits per heavy atom. The zero-order valence-electron chi connectivity index (χ0n) is 11.5. The lowest BCUT2D eigenvalue weighted by Crippen LogP contribution is -2.45. The highest BCUT2D eigenvalue weighted by molar-refractivity contribution is 5.76. The van der Waals surface area contributed by atoms with E-state index >= 15 is 0 Å². The van der Waals surface area contributed by atoms with Crippen LogP contribution in [-0.2, 0) is 4.79 Å². The van der Waals surface area contributed by atoms with Gasteiger partial charge in [-0.1, -0.05) is 25.7 Å². The van der Waals surface area contributed by atoms with Gasteiger partial charge in [0.25, 0.3) is 0 Å². The van der Waals surface area contributed by atoms with Crippen LogP contribution in [0.25, 0.3) is 0 Å². The Kier molecular flexibility index (Phi) is 8.01. The van der Waals surface area contributed by atoms with E-state index in [9.17, 15) is 4.79 Å². The first-order valence-electron chi connectivity index (χ1n) is 7.47. The Hall–Kier alpha value is -0.610. The fourth-order valence-electron chi connectivity index (χ4n) is 2.79. The van der Waals surface area contributed by atoms with Crippen molar-refractivity contribution in [3.63, 3.8) is 0 Å². The van der Waals surface area contributed by atoms with E-state index in [0.717, 1.165) is 25.8 Å². The molecule has 106 valence electrons. The van der Waals surface area contributed by atoms with E-state index in [4.69, 9.17) is 11.5 Å². The second-order valence-electron chi connectivity index (χ2n) is 5.41. The van der Waals surface area contributed by atoms with Gasteiger partial charge in [-0.15, -0.1) is 0 Å². The molecule has 4 heteroatoms. The van der Waals surface area contributed by atoms with Crippen LogP contribution in [0.2, 0.25) is 0 Å². The molecular formula is C14H29N3O. The third kappa shape index (κ3) is 5.83. The van der Waals surface area contributed by atoms with Crippen molar-refractivity contribution in [2.24, 2.45) is 17.4 Å². The van der Waals surface area contributed by atoms with Crippen molar-refractivity contribution in [3.8, 4) is 0 Å². The molecule has 0 aromatic rings. The summed E-state index contributed by atoms with van der Waals surface area (Å²) in [7, 11) is 0. The monoisotopic (exact) mass is 255 g/mol. The van der Waals surface area contributed by atoms with Crippen molar-refractivity contribution in [3.05, 3.63) is 0 Å². The van der Waals surface area contributed by atoms with E-state index in [1.165, 1.54) is 32.1 Å². The van der Waals surface area contributed by atoms with Crippen molar-refractivity contribution in [2.45, 2.75) is 63.8 Å². The first-order valence-corrected chi connectivity index (χ1v) is 7.47. The van der Waals surface area contributed by atoms with Crippen molar-refractivity contribution in [2.75, 3.05) is 13.1 Å². The smallest absolute Gasteiger partial charge is 0.220 e. The summed E-state index contributed by atoms with van der Waals surface area (Å²) < 4.78 is 0. The van der Waals surface area contributed by atoms with E-state index < -0.39 is 0 Å². The van der Waals surface area contributed by atoms with Crippen LogP contribution in [0, 0.1) is 5.92 Å². The number of rotatable bonds is 8. The largest absolute Gasteiger partial charge is 0.352 e. The minimum absolute atomic E-state index is 0.160. The van der Waals surface area contributed by atoms with Gasteiger partial charge in [0.2, 0.25) is 5.91 Å². The SMILES string of the molecule is NCCCCCC(=O)NC(CN)C1CCCCC1. The molecule has 5 N–H and O–H groups in total. The van der Waals surface area contributed by atoms with Crippen molar-refractivity contribution >= 4 is 5.91 Å². The van der Waals surface area contributed by atoms with E-state index in [2.05, 4.69) is 5.32 Å². The average molecular weight is 255 g/mol. The van der Waals surface area contributed by atoms with Crippen LogP contribution in [0.15, 0.2) is 0 Å². The van der Waals surface area contributed by atoms with Crippen LogP contribution >= 0.6 is 0 Å². The van der Waals surface area contributed by atoms with Gasteiger partial charge in [0, 0.05) is 19.0 Å². The summed E-state index contributed by atoms with van der Waals surface area (Å²) in [4.78, 5) is 11.8. The molecule has 0 spiro atoms. The normalized spacial score (nSPS) is 18.6. The zero-order chi connectivity index (χ0) is 13.2. The molecule has 1 amide bonds. The van der Waals surface area contributed by atoms with E-state index in [1.54, 1.807) is 0 Å². The van der Waals surface area contributed by atoms with Crippen LogP contribution in [-0.4, -0.2) is 25.0 Å². The summed E-state index contributed by atoms with van der Waals surface area (Å²) in [5.74, 6) is 0.754. The number of nitrogens with one attached hydrogen (secondary N) is 1. The van der Waals surface area contributed by atoms with Gasteiger partial charge in [-0.2, -0.15) is 0 Å². The third-order valence-electron chi connectivity index (χ3n) is 3.93. The second-order valence-corrected chi connectivity index (χ2v) is 5.41. The highest BCUT2D eigenvalue weighted by Crippen LogP contribution is 2.26. The Bertz CT molecular complexity index is 227. The van der Waals surface area contributed by atoms with Crippen LogP contribution < -0.4 is 16.8 Å². The summed E-state index contributed by atoms with van der Waals surface area (Å²) in [5.41, 5.74) is 11.2. The van der Waals surface area contributed by atoms with Crippen molar-refractivity contribution < 1.29 is 4.79 Å². The molecule has 0 aliphatic heterocycles. The number of hydrogen-bond donors (Lipinski definition) is 3. The Balaban J connectivity index is 2.22. The lowest BCUT2D eigenvalue weighted by Gasteiger charge is -2.30. The maximum absolute atomic E-state index is 11.8. The first-order chi connectivity index (χ1) is 8.77. The minimum atomic E-state index is 0.160. The fraction of sp³-hybridized carbons (Fsp3) is 0.929. The predicted molar refractivity (Wildman–Crippen MR) is 75.1 cm³/mol. The molecule has 1 aliphatic carbocycles. The lowest BCUT2D eigenvalue weighted by molar-refractivity contribution is -0.122. The lowest BCUT2D eigenvalue weighted by atomic mass is 9.84. The molecule has 1 rings (SSSR count). The summed E-state index contributed by atoms with van der Waals surface area (Å²) in [5, 5.41) is 3.12. The highest BCUT2D eigenvalue weighted by atomic mass is 16.1. The van der Waals surface area contributed by atoms with Gasteiger partial charge in [0.15, 0.2) is 0 Å². The van der Waals surface area contributed by atoms with Gasteiger partial charge in [-0.25, -0.2) is 0 Å². The molecule has 0 aromatic carbocycles. The van der Waals surface area contributed by atoms with Crippen molar-refractivity contribution in [1.82, 2.24) is 5.32 Å². The van der Waals surface area contributed by atoms with E-state index in [1.807, 2.05) is 0 Å². The second kappa shape index (κ2) is 9.34. The molecule has 0 radical (unpaired) electrons. The Labute approximate surface area is 111 Å². The average Bonchev–Trinajstić information content (AvgIpc) is 2.42. The van der Waals surface area contributed by atoms with Gasteiger partial charge in [0.05, 0.1) is 0 Å². The molecule has 1 saturated carbocycles. The van der Waals surface area contributed by atoms with Gasteiger partial charge < -0.3 is 16.8 Å². The summed E-state index contributed by atoms with van der Waals surface area (Å²) >= 11 is 0. The fourth-order valence-corrected chi connectivity index (χ4v) is 2.79. The molecule has 1 aliphatic rings. The molecule has 0 saturated heterocycles. The number of carbonyl (C=O) groups excluding carboxylic acids is 1. The summed E-state index contributed by atoms with van der Waals surface area (Å²) in [6, 6.07) is 0.187. The number of unbranched alkanes of at least 4 members (excludes halogenated alkanes) is 2.